The number of phenols is 5. The van der Waals surface area contributed by atoms with Gasteiger partial charge in [0.05, 0.1) is 7.11 Å². The highest BCUT2D eigenvalue weighted by molar-refractivity contribution is 5.88. The van der Waals surface area contributed by atoms with Crippen molar-refractivity contribution in [3.63, 3.8) is 0 Å². The van der Waals surface area contributed by atoms with E-state index in [1.807, 2.05) is 0 Å². The average molecular weight is 641 g/mol. The van der Waals surface area contributed by atoms with Gasteiger partial charge >= 0.3 is 5.97 Å². The molecular weight excluding hydrogens is 612 g/mol. The number of phenolic OH excluding ortho intramolecular Hbond substituents is 5. The number of rotatable bonds is 8. The van der Waals surface area contributed by atoms with E-state index in [0.29, 0.717) is 5.56 Å². The maximum Gasteiger partial charge on any atom is 0.330 e. The summed E-state index contributed by atoms with van der Waals surface area (Å²) in [4.78, 5) is 26.0. The number of aromatic hydroxyl groups is 5. The molecule has 1 saturated heterocycles. The lowest BCUT2D eigenvalue weighted by atomic mass is 9.99. The number of methoxy groups -OCH3 is 1. The molecule has 3 aromatic carbocycles. The van der Waals surface area contributed by atoms with Gasteiger partial charge in [0.15, 0.2) is 28.8 Å². The Kier molecular flexibility index (Phi) is 8.93. The summed E-state index contributed by atoms with van der Waals surface area (Å²) in [5, 5.41) is 80.8. The number of aliphatic hydroxyl groups excluding tert-OH is 3. The van der Waals surface area contributed by atoms with Crippen molar-refractivity contribution in [3.05, 3.63) is 70.4 Å². The molecule has 1 aromatic heterocycles. The predicted octanol–water partition coefficient (Wildman–Crippen LogP) is 1.44. The molecule has 46 heavy (non-hydrogen) atoms. The first kappa shape index (κ1) is 31.9. The Labute approximate surface area is 258 Å². The van der Waals surface area contributed by atoms with Gasteiger partial charge in [0.25, 0.3) is 0 Å². The molecule has 15 heteroatoms. The van der Waals surface area contributed by atoms with Crippen molar-refractivity contribution in [2.45, 2.75) is 30.7 Å². The lowest BCUT2D eigenvalue weighted by molar-refractivity contribution is -0.278. The van der Waals surface area contributed by atoms with E-state index in [2.05, 4.69) is 0 Å². The zero-order valence-corrected chi connectivity index (χ0v) is 23.8. The van der Waals surface area contributed by atoms with Gasteiger partial charge in [0, 0.05) is 23.8 Å². The van der Waals surface area contributed by atoms with Crippen molar-refractivity contribution in [1.29, 1.82) is 0 Å². The van der Waals surface area contributed by atoms with E-state index in [-0.39, 0.29) is 34.2 Å². The van der Waals surface area contributed by atoms with Crippen LogP contribution in [0, 0.1) is 0 Å². The highest BCUT2D eigenvalue weighted by Gasteiger charge is 2.46. The van der Waals surface area contributed by atoms with Gasteiger partial charge in [-0.15, -0.1) is 0 Å². The SMILES string of the molecule is COc1cc(-c2oc3cc(O)cc(O)c3c(=O)c2O[C@H]2O[C@@H](COC(=O)/C=C/c3ccc(O)c(O)c3)[C@@H](O)[C@@H](O)[C@@H]2O)ccc1O. The molecule has 15 nitrogen and oxygen atoms in total. The zero-order chi connectivity index (χ0) is 33.3. The van der Waals surface area contributed by atoms with Crippen molar-refractivity contribution in [2.75, 3.05) is 13.7 Å². The molecule has 0 aliphatic carbocycles. The van der Waals surface area contributed by atoms with Crippen molar-refractivity contribution in [2.24, 2.45) is 0 Å². The number of hydrogen-bond acceptors (Lipinski definition) is 15. The monoisotopic (exact) mass is 640 g/mol. The summed E-state index contributed by atoms with van der Waals surface area (Å²) >= 11 is 0. The largest absolute Gasteiger partial charge is 0.508 e. The summed E-state index contributed by atoms with van der Waals surface area (Å²) in [7, 11) is 1.28. The summed E-state index contributed by atoms with van der Waals surface area (Å²) in [6, 6.07) is 9.65. The Morgan fingerprint density at radius 2 is 1.61 bits per heavy atom. The van der Waals surface area contributed by atoms with E-state index < -0.39 is 77.1 Å². The van der Waals surface area contributed by atoms with Crippen LogP contribution >= 0.6 is 0 Å². The highest BCUT2D eigenvalue weighted by Crippen LogP contribution is 2.39. The van der Waals surface area contributed by atoms with E-state index in [1.54, 1.807) is 0 Å². The molecule has 0 saturated carbocycles. The first-order chi connectivity index (χ1) is 21.9. The fraction of sp³-hybridized carbons (Fsp3) is 0.226. The Balaban J connectivity index is 1.44. The number of carbonyl (C=O) groups excluding carboxylic acids is 1. The van der Waals surface area contributed by atoms with Crippen molar-refractivity contribution >= 4 is 23.0 Å². The zero-order valence-electron chi connectivity index (χ0n) is 23.8. The first-order valence-corrected chi connectivity index (χ1v) is 13.5. The first-order valence-electron chi connectivity index (χ1n) is 13.5. The third-order valence-electron chi connectivity index (χ3n) is 7.06. The van der Waals surface area contributed by atoms with Crippen molar-refractivity contribution < 1.29 is 69.0 Å². The quantitative estimate of drug-likeness (QED) is 0.0771. The second-order valence-electron chi connectivity index (χ2n) is 10.2. The van der Waals surface area contributed by atoms with E-state index in [0.717, 1.165) is 18.2 Å². The van der Waals surface area contributed by atoms with Crippen LogP contribution in [0.25, 0.3) is 28.4 Å². The van der Waals surface area contributed by atoms with Gasteiger partial charge in [0.1, 0.15) is 53.5 Å². The number of carbonyl (C=O) groups is 1. The summed E-state index contributed by atoms with van der Waals surface area (Å²) in [6.45, 7) is -0.650. The minimum atomic E-state index is -1.95. The standard InChI is InChI=1S/C31H28O15/c1-42-20-9-14(4-6-17(20)34)29-30(26(39)24-19(36)10-15(32)11-21(24)44-29)46-31-28(41)27(40)25(38)22(45-31)12-43-23(37)7-3-13-2-5-16(33)18(35)8-13/h2-11,22,25,27-28,31-36,38,40-41H,12H2,1H3/b7-3+/t22-,25+,27+,28-,31+/m0/s1. The molecule has 5 rings (SSSR count). The number of ether oxygens (including phenoxy) is 4. The van der Waals surface area contributed by atoms with Gasteiger partial charge in [0.2, 0.25) is 17.5 Å². The summed E-state index contributed by atoms with van der Waals surface area (Å²) in [5.74, 6) is -3.98. The number of benzene rings is 3. The van der Waals surface area contributed by atoms with Crippen LogP contribution in [0.15, 0.2) is 63.8 Å². The van der Waals surface area contributed by atoms with Gasteiger partial charge in [-0.05, 0) is 42.0 Å². The third kappa shape index (κ3) is 6.33. The van der Waals surface area contributed by atoms with E-state index in [4.69, 9.17) is 23.4 Å². The fourth-order valence-corrected chi connectivity index (χ4v) is 4.67. The minimum Gasteiger partial charge on any atom is -0.508 e. The molecule has 8 N–H and O–H groups in total. The second-order valence-corrected chi connectivity index (χ2v) is 10.2. The lowest BCUT2D eigenvalue weighted by Gasteiger charge is -2.39. The summed E-state index contributed by atoms with van der Waals surface area (Å²) in [6.07, 6.45) is -6.71. The van der Waals surface area contributed by atoms with Gasteiger partial charge in [-0.25, -0.2) is 4.79 Å². The normalized spacial score (nSPS) is 21.3. The molecule has 0 unspecified atom stereocenters. The van der Waals surface area contributed by atoms with Crippen molar-refractivity contribution in [1.82, 2.24) is 0 Å². The Morgan fingerprint density at radius 1 is 0.870 bits per heavy atom. The van der Waals surface area contributed by atoms with E-state index >= 15 is 0 Å². The number of esters is 1. The van der Waals surface area contributed by atoms with Crippen LogP contribution in [0.1, 0.15) is 5.56 Å². The topological polar surface area (TPSA) is 246 Å². The Hall–Kier alpha value is -5.48. The molecule has 4 aromatic rings. The number of hydrogen-bond donors (Lipinski definition) is 8. The smallest absolute Gasteiger partial charge is 0.330 e. The molecule has 1 fully saturated rings. The lowest BCUT2D eigenvalue weighted by Crippen LogP contribution is -2.60. The third-order valence-corrected chi connectivity index (χ3v) is 7.06. The van der Waals surface area contributed by atoms with Gasteiger partial charge in [-0.3, -0.25) is 4.79 Å². The summed E-state index contributed by atoms with van der Waals surface area (Å²) < 4.78 is 27.4. The second kappa shape index (κ2) is 12.9. The molecule has 0 spiro atoms. The van der Waals surface area contributed by atoms with Gasteiger partial charge < -0.3 is 64.2 Å². The molecule has 5 atom stereocenters. The van der Waals surface area contributed by atoms with Gasteiger partial charge in [-0.1, -0.05) is 6.07 Å². The Morgan fingerprint density at radius 3 is 2.33 bits per heavy atom. The molecule has 2 heterocycles. The van der Waals surface area contributed by atoms with Crippen LogP contribution in [0.5, 0.6) is 40.2 Å². The highest BCUT2D eigenvalue weighted by atomic mass is 16.7. The van der Waals surface area contributed by atoms with Crippen molar-refractivity contribution in [3.8, 4) is 51.6 Å². The fourth-order valence-electron chi connectivity index (χ4n) is 4.67. The van der Waals surface area contributed by atoms with Crippen LogP contribution in [0.2, 0.25) is 0 Å². The minimum absolute atomic E-state index is 0.0180. The maximum absolute atomic E-state index is 13.7. The predicted molar refractivity (Wildman–Crippen MR) is 157 cm³/mol. The molecular formula is C31H28O15. The van der Waals surface area contributed by atoms with Crippen LogP contribution in [0.3, 0.4) is 0 Å². The molecule has 0 amide bonds. The van der Waals surface area contributed by atoms with Crippen LogP contribution < -0.4 is 14.9 Å². The van der Waals surface area contributed by atoms with Crippen LogP contribution in [0.4, 0.5) is 0 Å². The number of aliphatic hydroxyl groups is 3. The Bertz CT molecular complexity index is 1860. The maximum atomic E-state index is 13.7. The molecule has 0 bridgehead atoms. The number of fused-ring (bicyclic) bond motifs is 1. The molecule has 242 valence electrons. The van der Waals surface area contributed by atoms with E-state index in [1.165, 1.54) is 49.6 Å². The average Bonchev–Trinajstić information content (AvgIpc) is 3.02. The molecule has 1 aliphatic heterocycles. The summed E-state index contributed by atoms with van der Waals surface area (Å²) in [5.41, 5.74) is -0.772. The molecule has 1 aliphatic rings. The van der Waals surface area contributed by atoms with Gasteiger partial charge in [-0.2, -0.15) is 0 Å². The van der Waals surface area contributed by atoms with Crippen LogP contribution in [-0.2, 0) is 14.3 Å². The van der Waals surface area contributed by atoms with E-state index in [9.17, 15) is 50.4 Å². The van der Waals surface area contributed by atoms with Crippen LogP contribution in [-0.4, -0.2) is 91.2 Å². The molecule has 0 radical (unpaired) electrons.